The zero-order valence-corrected chi connectivity index (χ0v) is 21.2. The number of benzene rings is 2. The molecule has 1 aliphatic rings. The fourth-order valence-electron chi connectivity index (χ4n) is 3.96. The first kappa shape index (κ1) is 25.3. The second-order valence-corrected chi connectivity index (χ2v) is 9.94. The number of amides is 1. The lowest BCUT2D eigenvalue weighted by Crippen LogP contribution is -2.13. The van der Waals surface area contributed by atoms with E-state index in [1.807, 2.05) is 6.07 Å². The van der Waals surface area contributed by atoms with Gasteiger partial charge in [-0.3, -0.25) is 4.79 Å². The van der Waals surface area contributed by atoms with E-state index in [1.54, 1.807) is 24.3 Å². The smallest absolute Gasteiger partial charge is 0.266 e. The average molecular weight is 533 g/mol. The summed E-state index contributed by atoms with van der Waals surface area (Å²) in [5.74, 6) is -0.387. The molecule has 9 heteroatoms. The zero-order chi connectivity index (χ0) is 25.7. The minimum Gasteiger partial charge on any atom is -0.486 e. The first-order valence-corrected chi connectivity index (χ1v) is 12.6. The average Bonchev–Trinajstić information content (AvgIpc) is 3.23. The number of aryl methyl sites for hydroxylation is 1. The largest absolute Gasteiger partial charge is 0.486 e. The normalized spacial score (nSPS) is 12.6. The molecule has 4 rings (SSSR count). The summed E-state index contributed by atoms with van der Waals surface area (Å²) in [4.78, 5) is 14.0. The Morgan fingerprint density at radius 1 is 1.08 bits per heavy atom. The maximum absolute atomic E-state index is 12.9. The van der Waals surface area contributed by atoms with E-state index in [-0.39, 0.29) is 28.0 Å². The summed E-state index contributed by atoms with van der Waals surface area (Å²) in [6, 6.07) is 16.3. The van der Waals surface area contributed by atoms with E-state index in [1.165, 1.54) is 29.5 Å². The number of nitrogens with one attached hydrogen (secondary N) is 1. The van der Waals surface area contributed by atoms with Crippen LogP contribution in [-0.4, -0.2) is 5.91 Å². The molecule has 1 aromatic heterocycles. The van der Waals surface area contributed by atoms with Crippen LogP contribution in [0.4, 0.5) is 5.00 Å². The number of nitrogens with zero attached hydrogens (tertiary/aromatic N) is 3. The van der Waals surface area contributed by atoms with Crippen molar-refractivity contribution in [1.29, 1.82) is 15.8 Å². The maximum atomic E-state index is 12.9. The van der Waals surface area contributed by atoms with Gasteiger partial charge in [0.25, 0.3) is 5.91 Å². The molecular formula is C27H18Cl2N4O2S. The van der Waals surface area contributed by atoms with Crippen molar-refractivity contribution < 1.29 is 9.53 Å². The second kappa shape index (κ2) is 11.3. The van der Waals surface area contributed by atoms with Crippen LogP contribution in [0, 0.1) is 34.0 Å². The van der Waals surface area contributed by atoms with E-state index in [9.17, 15) is 20.6 Å². The van der Waals surface area contributed by atoms with Crippen LogP contribution in [0.5, 0.6) is 5.75 Å². The molecule has 0 saturated carbocycles. The van der Waals surface area contributed by atoms with Gasteiger partial charge in [0.2, 0.25) is 0 Å². The third-order valence-corrected chi connectivity index (χ3v) is 7.49. The summed E-state index contributed by atoms with van der Waals surface area (Å²) >= 11 is 14.2. The zero-order valence-electron chi connectivity index (χ0n) is 18.9. The highest BCUT2D eigenvalue weighted by molar-refractivity contribution is 7.16. The first-order chi connectivity index (χ1) is 17.4. The third-order valence-electron chi connectivity index (χ3n) is 5.72. The maximum Gasteiger partial charge on any atom is 0.266 e. The molecule has 1 heterocycles. The van der Waals surface area contributed by atoms with Crippen molar-refractivity contribution in [3.8, 4) is 24.0 Å². The fourth-order valence-corrected chi connectivity index (χ4v) is 5.81. The summed E-state index contributed by atoms with van der Waals surface area (Å²) in [5, 5.41) is 32.0. The molecule has 0 saturated heterocycles. The van der Waals surface area contributed by atoms with Gasteiger partial charge in [-0.25, -0.2) is 0 Å². The molecule has 3 aromatic rings. The quantitative estimate of drug-likeness (QED) is 0.277. The number of hydrogen-bond donors (Lipinski definition) is 1. The van der Waals surface area contributed by atoms with Gasteiger partial charge in [-0.15, -0.1) is 11.3 Å². The third kappa shape index (κ3) is 5.38. The molecule has 0 fully saturated rings. The van der Waals surface area contributed by atoms with Gasteiger partial charge in [-0.1, -0.05) is 41.4 Å². The Bertz CT molecular complexity index is 1480. The van der Waals surface area contributed by atoms with E-state index < -0.39 is 5.91 Å². The molecule has 2 aromatic carbocycles. The number of nitriles is 3. The molecule has 1 amide bonds. The number of carbonyl (C=O) groups is 1. The van der Waals surface area contributed by atoms with Gasteiger partial charge in [-0.2, -0.15) is 15.8 Å². The number of carbonyl (C=O) groups excluding carboxylic acids is 1. The van der Waals surface area contributed by atoms with E-state index in [0.717, 1.165) is 36.1 Å². The van der Waals surface area contributed by atoms with Crippen molar-refractivity contribution in [2.24, 2.45) is 0 Å². The molecule has 0 atom stereocenters. The van der Waals surface area contributed by atoms with Crippen molar-refractivity contribution in [2.75, 3.05) is 5.32 Å². The summed E-state index contributed by atoms with van der Waals surface area (Å²) in [6.07, 6.45) is 5.15. The predicted molar refractivity (Wildman–Crippen MR) is 140 cm³/mol. The molecular weight excluding hydrogens is 515 g/mol. The van der Waals surface area contributed by atoms with Crippen LogP contribution >= 0.6 is 34.5 Å². The number of thiophene rings is 1. The lowest BCUT2D eigenvalue weighted by Gasteiger charge is -2.12. The van der Waals surface area contributed by atoms with Gasteiger partial charge in [0, 0.05) is 10.4 Å². The van der Waals surface area contributed by atoms with E-state index in [0.29, 0.717) is 27.3 Å². The fraction of sp³-hybridized carbons (Fsp3) is 0.185. The lowest BCUT2D eigenvalue weighted by atomic mass is 9.96. The van der Waals surface area contributed by atoms with Crippen LogP contribution in [0.15, 0.2) is 42.0 Å². The van der Waals surface area contributed by atoms with Gasteiger partial charge >= 0.3 is 0 Å². The summed E-state index contributed by atoms with van der Waals surface area (Å²) in [6.45, 7) is 0.0935. The number of hydrogen-bond acceptors (Lipinski definition) is 6. The molecule has 1 N–H and O–H groups in total. The predicted octanol–water partition coefficient (Wildman–Crippen LogP) is 6.80. The second-order valence-electron chi connectivity index (χ2n) is 8.02. The van der Waals surface area contributed by atoms with Gasteiger partial charge in [-0.05, 0) is 61.1 Å². The van der Waals surface area contributed by atoms with Crippen LogP contribution in [0.25, 0.3) is 6.08 Å². The molecule has 0 bridgehead atoms. The highest BCUT2D eigenvalue weighted by Gasteiger charge is 2.23. The number of anilines is 1. The lowest BCUT2D eigenvalue weighted by molar-refractivity contribution is -0.112. The van der Waals surface area contributed by atoms with E-state index >= 15 is 0 Å². The first-order valence-electron chi connectivity index (χ1n) is 11.0. The molecule has 0 radical (unpaired) electrons. The van der Waals surface area contributed by atoms with Gasteiger partial charge in [0.05, 0.1) is 27.2 Å². The van der Waals surface area contributed by atoms with Gasteiger partial charge in [0.15, 0.2) is 5.75 Å². The topological polar surface area (TPSA) is 110 Å². The Morgan fingerprint density at radius 2 is 1.81 bits per heavy atom. The molecule has 178 valence electrons. The van der Waals surface area contributed by atoms with Gasteiger partial charge in [0.1, 0.15) is 29.3 Å². The minimum atomic E-state index is -0.617. The summed E-state index contributed by atoms with van der Waals surface area (Å²) < 4.78 is 5.77. The van der Waals surface area contributed by atoms with Gasteiger partial charge < -0.3 is 10.1 Å². The Morgan fingerprint density at radius 3 is 2.50 bits per heavy atom. The van der Waals surface area contributed by atoms with Crippen LogP contribution in [0.2, 0.25) is 10.0 Å². The number of rotatable bonds is 6. The Hall–Kier alpha value is -3.80. The highest BCUT2D eigenvalue weighted by Crippen LogP contribution is 2.38. The molecule has 0 unspecified atom stereocenters. The van der Waals surface area contributed by atoms with Crippen molar-refractivity contribution in [1.82, 2.24) is 0 Å². The van der Waals surface area contributed by atoms with Crippen molar-refractivity contribution >= 4 is 51.5 Å². The van der Waals surface area contributed by atoms with Crippen LogP contribution in [0.1, 0.15) is 45.5 Å². The van der Waals surface area contributed by atoms with Crippen molar-refractivity contribution in [3.05, 3.63) is 84.7 Å². The summed E-state index contributed by atoms with van der Waals surface area (Å²) in [5.41, 5.74) is 2.93. The molecule has 0 aliphatic heterocycles. The molecule has 36 heavy (non-hydrogen) atoms. The Balaban J connectivity index is 1.54. The number of fused-ring (bicyclic) bond motifs is 1. The Kier molecular flexibility index (Phi) is 7.93. The summed E-state index contributed by atoms with van der Waals surface area (Å²) in [7, 11) is 0. The van der Waals surface area contributed by atoms with Crippen LogP contribution in [-0.2, 0) is 24.2 Å². The number of ether oxygens (including phenoxy) is 1. The van der Waals surface area contributed by atoms with E-state index in [4.69, 9.17) is 27.9 Å². The molecule has 6 nitrogen and oxygen atoms in total. The Labute approximate surface area is 222 Å². The van der Waals surface area contributed by atoms with Crippen LogP contribution in [0.3, 0.4) is 0 Å². The SMILES string of the molecule is N#C/C(=C\c1cc(Cl)c(OCc2ccccc2C#N)c(Cl)c1)C(=O)Nc1sc2c(c1C#N)CCCC2. The number of halogens is 2. The minimum absolute atomic E-state index is 0.0935. The monoisotopic (exact) mass is 532 g/mol. The molecule has 0 spiro atoms. The van der Waals surface area contributed by atoms with Crippen molar-refractivity contribution in [3.63, 3.8) is 0 Å². The standard InChI is InChI=1S/C27H18Cl2N4O2S/c28-22-10-16(11-23(29)25(22)35-15-18-6-2-1-5-17(18)12-30)9-19(13-31)26(34)33-27-21(14-32)20-7-3-4-8-24(20)36-27/h1-2,5-6,9-11H,3-4,7-8,15H2,(H,33,34)/b19-9+. The molecule has 1 aliphatic carbocycles. The highest BCUT2D eigenvalue weighted by atomic mass is 35.5. The van der Waals surface area contributed by atoms with E-state index in [2.05, 4.69) is 17.5 Å². The van der Waals surface area contributed by atoms with Crippen molar-refractivity contribution in [2.45, 2.75) is 32.3 Å². The van der Waals surface area contributed by atoms with Crippen LogP contribution < -0.4 is 10.1 Å².